The van der Waals surface area contributed by atoms with Crippen LogP contribution < -0.4 is 0 Å². The van der Waals surface area contributed by atoms with Gasteiger partial charge in [-0.2, -0.15) is 0 Å². The summed E-state index contributed by atoms with van der Waals surface area (Å²) < 4.78 is 1.94. The Morgan fingerprint density at radius 3 is 2.55 bits per heavy atom. The standard InChI is InChI=1S/C9H13NO/c1-2-5-9(8-11)10-6-3-4-7-10/h3-4,6-9H,2,5H2,1H3. The molecule has 1 atom stereocenters. The summed E-state index contributed by atoms with van der Waals surface area (Å²) in [6.45, 7) is 2.08. The van der Waals surface area contributed by atoms with E-state index in [4.69, 9.17) is 0 Å². The van der Waals surface area contributed by atoms with Crippen LogP contribution in [0.1, 0.15) is 25.8 Å². The van der Waals surface area contributed by atoms with Gasteiger partial charge >= 0.3 is 0 Å². The maximum absolute atomic E-state index is 10.6. The molecule has 0 aliphatic rings. The van der Waals surface area contributed by atoms with Crippen LogP contribution in [0.4, 0.5) is 0 Å². The molecule has 2 heteroatoms. The molecule has 0 N–H and O–H groups in total. The zero-order valence-electron chi connectivity index (χ0n) is 6.73. The van der Waals surface area contributed by atoms with Crippen LogP contribution in [0.5, 0.6) is 0 Å². The van der Waals surface area contributed by atoms with Crippen LogP contribution in [0.15, 0.2) is 24.5 Å². The lowest BCUT2D eigenvalue weighted by atomic mass is 10.2. The first-order valence-electron chi connectivity index (χ1n) is 3.96. The first-order chi connectivity index (χ1) is 5.38. The van der Waals surface area contributed by atoms with Gasteiger partial charge in [-0.1, -0.05) is 13.3 Å². The molecule has 0 fully saturated rings. The summed E-state index contributed by atoms with van der Waals surface area (Å²) in [6, 6.07) is 3.91. The largest absolute Gasteiger partial charge is 0.344 e. The topological polar surface area (TPSA) is 22.0 Å². The van der Waals surface area contributed by atoms with Crippen molar-refractivity contribution in [3.05, 3.63) is 24.5 Å². The molecule has 0 aliphatic heterocycles. The average Bonchev–Trinajstić information content (AvgIpc) is 2.52. The van der Waals surface area contributed by atoms with E-state index in [9.17, 15) is 4.79 Å². The van der Waals surface area contributed by atoms with E-state index in [0.717, 1.165) is 19.1 Å². The van der Waals surface area contributed by atoms with Crippen LogP contribution in [-0.2, 0) is 4.79 Å². The Hall–Kier alpha value is -1.05. The molecule has 1 heterocycles. The zero-order valence-corrected chi connectivity index (χ0v) is 6.73. The summed E-state index contributed by atoms with van der Waals surface area (Å²) >= 11 is 0. The third kappa shape index (κ3) is 1.93. The zero-order chi connectivity index (χ0) is 8.10. The van der Waals surface area contributed by atoms with Crippen molar-refractivity contribution in [2.75, 3.05) is 0 Å². The second kappa shape index (κ2) is 3.96. The molecule has 1 aromatic rings. The van der Waals surface area contributed by atoms with Crippen molar-refractivity contribution < 1.29 is 4.79 Å². The Morgan fingerprint density at radius 2 is 2.09 bits per heavy atom. The molecule has 60 valence electrons. The van der Waals surface area contributed by atoms with E-state index >= 15 is 0 Å². The monoisotopic (exact) mass is 151 g/mol. The van der Waals surface area contributed by atoms with Crippen LogP contribution in [0, 0.1) is 0 Å². The second-order valence-electron chi connectivity index (χ2n) is 2.62. The molecule has 0 radical (unpaired) electrons. The molecule has 0 saturated carbocycles. The minimum Gasteiger partial charge on any atom is -0.344 e. The van der Waals surface area contributed by atoms with Gasteiger partial charge in [-0.05, 0) is 18.6 Å². The van der Waals surface area contributed by atoms with Gasteiger partial charge < -0.3 is 9.36 Å². The first-order valence-corrected chi connectivity index (χ1v) is 3.96. The van der Waals surface area contributed by atoms with E-state index in [1.807, 2.05) is 29.1 Å². The van der Waals surface area contributed by atoms with E-state index < -0.39 is 0 Å². The van der Waals surface area contributed by atoms with Gasteiger partial charge in [0.2, 0.25) is 0 Å². The smallest absolute Gasteiger partial charge is 0.142 e. The number of rotatable bonds is 4. The van der Waals surface area contributed by atoms with Gasteiger partial charge in [0, 0.05) is 12.4 Å². The second-order valence-corrected chi connectivity index (χ2v) is 2.62. The molecule has 0 saturated heterocycles. The van der Waals surface area contributed by atoms with Crippen molar-refractivity contribution in [3.63, 3.8) is 0 Å². The van der Waals surface area contributed by atoms with Crippen molar-refractivity contribution in [1.82, 2.24) is 4.57 Å². The molecule has 11 heavy (non-hydrogen) atoms. The highest BCUT2D eigenvalue weighted by Crippen LogP contribution is 2.10. The van der Waals surface area contributed by atoms with Gasteiger partial charge in [0.05, 0.1) is 6.04 Å². The van der Waals surface area contributed by atoms with E-state index in [1.54, 1.807) is 0 Å². The Morgan fingerprint density at radius 1 is 1.45 bits per heavy atom. The van der Waals surface area contributed by atoms with Crippen LogP contribution >= 0.6 is 0 Å². The number of hydrogen-bond acceptors (Lipinski definition) is 1. The molecule has 2 nitrogen and oxygen atoms in total. The Kier molecular flexibility index (Phi) is 2.90. The van der Waals surface area contributed by atoms with Gasteiger partial charge in [-0.3, -0.25) is 0 Å². The molecular weight excluding hydrogens is 138 g/mol. The van der Waals surface area contributed by atoms with E-state index in [-0.39, 0.29) is 6.04 Å². The minimum atomic E-state index is 0.0370. The van der Waals surface area contributed by atoms with Crippen molar-refractivity contribution in [1.29, 1.82) is 0 Å². The number of nitrogens with zero attached hydrogens (tertiary/aromatic N) is 1. The quantitative estimate of drug-likeness (QED) is 0.603. The number of carbonyl (C=O) groups excluding carboxylic acids is 1. The van der Waals surface area contributed by atoms with Gasteiger partial charge in [0.25, 0.3) is 0 Å². The third-order valence-electron chi connectivity index (χ3n) is 1.75. The minimum absolute atomic E-state index is 0.0370. The van der Waals surface area contributed by atoms with E-state index in [2.05, 4.69) is 6.92 Å². The molecular formula is C9H13NO. The Balaban J connectivity index is 2.63. The van der Waals surface area contributed by atoms with E-state index in [0.29, 0.717) is 0 Å². The third-order valence-corrected chi connectivity index (χ3v) is 1.75. The summed E-state index contributed by atoms with van der Waals surface area (Å²) in [5.74, 6) is 0. The Bertz CT molecular complexity index is 203. The van der Waals surface area contributed by atoms with Crippen LogP contribution in [0.3, 0.4) is 0 Å². The lowest BCUT2D eigenvalue weighted by Crippen LogP contribution is -2.07. The molecule has 0 aromatic carbocycles. The molecule has 1 unspecified atom stereocenters. The van der Waals surface area contributed by atoms with Crippen LogP contribution in [-0.4, -0.2) is 10.9 Å². The molecule has 0 bridgehead atoms. The van der Waals surface area contributed by atoms with Crippen LogP contribution in [0.25, 0.3) is 0 Å². The fraction of sp³-hybridized carbons (Fsp3) is 0.444. The number of carbonyl (C=O) groups is 1. The highest BCUT2D eigenvalue weighted by molar-refractivity contribution is 5.55. The normalized spacial score (nSPS) is 12.8. The lowest BCUT2D eigenvalue weighted by Gasteiger charge is -2.09. The molecule has 0 aliphatic carbocycles. The number of hydrogen-bond donors (Lipinski definition) is 0. The first kappa shape index (κ1) is 8.05. The number of aldehydes is 1. The molecule has 1 rings (SSSR count). The highest BCUT2D eigenvalue weighted by atomic mass is 16.1. The van der Waals surface area contributed by atoms with Crippen molar-refractivity contribution in [2.24, 2.45) is 0 Å². The summed E-state index contributed by atoms with van der Waals surface area (Å²) in [5, 5.41) is 0. The maximum atomic E-state index is 10.6. The van der Waals surface area contributed by atoms with Gasteiger partial charge in [-0.25, -0.2) is 0 Å². The van der Waals surface area contributed by atoms with Crippen LogP contribution in [0.2, 0.25) is 0 Å². The SMILES string of the molecule is CCCC(C=O)n1cccc1. The average molecular weight is 151 g/mol. The molecule has 0 amide bonds. The van der Waals surface area contributed by atoms with Crippen molar-refractivity contribution in [3.8, 4) is 0 Å². The van der Waals surface area contributed by atoms with Crippen molar-refractivity contribution >= 4 is 6.29 Å². The Labute approximate surface area is 66.8 Å². The van der Waals surface area contributed by atoms with Crippen molar-refractivity contribution in [2.45, 2.75) is 25.8 Å². The summed E-state index contributed by atoms with van der Waals surface area (Å²) in [6.07, 6.45) is 6.83. The fourth-order valence-electron chi connectivity index (χ4n) is 1.15. The lowest BCUT2D eigenvalue weighted by molar-refractivity contribution is -0.110. The summed E-state index contributed by atoms with van der Waals surface area (Å²) in [4.78, 5) is 10.6. The fourth-order valence-corrected chi connectivity index (χ4v) is 1.15. The summed E-state index contributed by atoms with van der Waals surface area (Å²) in [5.41, 5.74) is 0. The van der Waals surface area contributed by atoms with Gasteiger partial charge in [0.15, 0.2) is 0 Å². The molecule has 1 aromatic heterocycles. The van der Waals surface area contributed by atoms with E-state index in [1.165, 1.54) is 0 Å². The highest BCUT2D eigenvalue weighted by Gasteiger charge is 2.04. The van der Waals surface area contributed by atoms with Gasteiger partial charge in [0.1, 0.15) is 6.29 Å². The predicted molar refractivity (Wildman–Crippen MR) is 44.4 cm³/mol. The summed E-state index contributed by atoms with van der Waals surface area (Å²) in [7, 11) is 0. The van der Waals surface area contributed by atoms with Gasteiger partial charge in [-0.15, -0.1) is 0 Å². The predicted octanol–water partition coefficient (Wildman–Crippen LogP) is 2.03. The maximum Gasteiger partial charge on any atom is 0.142 e. The number of aromatic nitrogens is 1. The molecule has 0 spiro atoms.